The first-order chi connectivity index (χ1) is 29.6. The van der Waals surface area contributed by atoms with Gasteiger partial charge in [0.05, 0.1) is 30.5 Å². The Morgan fingerprint density at radius 1 is 0.968 bits per heavy atom. The number of aliphatic hydroxyl groups is 1. The molecule has 3 saturated heterocycles. The molecule has 3 aliphatic heterocycles. The molecule has 15 nitrogen and oxygen atoms in total. The molecule has 0 spiro atoms. The predicted octanol–water partition coefficient (Wildman–Crippen LogP) is 6.59. The first kappa shape index (κ1) is 49.5. The Bertz CT molecular complexity index is 1930. The van der Waals surface area contributed by atoms with Crippen LogP contribution in [-0.4, -0.2) is 139 Å². The quantitative estimate of drug-likeness (QED) is 0.107. The topological polar surface area (TPSA) is 179 Å². The van der Waals surface area contributed by atoms with Gasteiger partial charge in [-0.25, -0.2) is 18.8 Å². The summed E-state index contributed by atoms with van der Waals surface area (Å²) in [6.07, 6.45) is -6.36. The lowest BCUT2D eigenvalue weighted by atomic mass is 9.73. The number of amides is 2. The normalized spacial score (nSPS) is 35.7. The van der Waals surface area contributed by atoms with Gasteiger partial charge in [-0.1, -0.05) is 70.2 Å². The van der Waals surface area contributed by atoms with E-state index in [0.717, 1.165) is 18.1 Å². The van der Waals surface area contributed by atoms with Crippen LogP contribution in [0.3, 0.4) is 0 Å². The highest BCUT2D eigenvalue weighted by atomic mass is 19.1. The first-order valence-electron chi connectivity index (χ1n) is 21.9. The van der Waals surface area contributed by atoms with E-state index < -0.39 is 89.2 Å². The van der Waals surface area contributed by atoms with Crippen LogP contribution in [0.1, 0.15) is 81.1 Å². The number of ketones is 2. The maximum Gasteiger partial charge on any atom is 0.411 e. The van der Waals surface area contributed by atoms with Crippen LogP contribution in [0.25, 0.3) is 11.1 Å². The number of rotatable bonds is 11. The second kappa shape index (κ2) is 20.1. The molecule has 3 fully saturated rings. The lowest BCUT2D eigenvalue weighted by molar-refractivity contribution is -0.295. The summed E-state index contributed by atoms with van der Waals surface area (Å²) < 4.78 is 52.8. The molecule has 0 unspecified atom stereocenters. The molecule has 3 aliphatic rings. The summed E-state index contributed by atoms with van der Waals surface area (Å²) in [6.45, 7) is 12.1. The van der Waals surface area contributed by atoms with E-state index in [4.69, 9.17) is 28.4 Å². The van der Waals surface area contributed by atoms with Crippen molar-refractivity contribution in [2.45, 2.75) is 141 Å². The van der Waals surface area contributed by atoms with Crippen molar-refractivity contribution >= 4 is 35.4 Å². The van der Waals surface area contributed by atoms with Crippen molar-refractivity contribution in [3.8, 4) is 11.1 Å². The summed E-state index contributed by atoms with van der Waals surface area (Å²) in [7, 11) is 5.00. The van der Waals surface area contributed by atoms with Crippen LogP contribution in [0.5, 0.6) is 0 Å². The van der Waals surface area contributed by atoms with E-state index in [1.807, 2.05) is 68.4 Å². The lowest BCUT2D eigenvalue weighted by Gasteiger charge is -2.47. The number of hydrogen-bond acceptors (Lipinski definition) is 13. The molecule has 2 aromatic carbocycles. The van der Waals surface area contributed by atoms with Crippen molar-refractivity contribution in [2.75, 3.05) is 39.7 Å². The molecule has 3 heterocycles. The molecule has 0 radical (unpaired) electrons. The highest BCUT2D eigenvalue weighted by Gasteiger charge is 2.61. The second-order valence-corrected chi connectivity index (χ2v) is 18.1. The van der Waals surface area contributed by atoms with Crippen LogP contribution in [0, 0.1) is 17.8 Å². The Hall–Kier alpha value is -4.48. The van der Waals surface area contributed by atoms with E-state index in [2.05, 4.69) is 5.32 Å². The lowest BCUT2D eigenvalue weighted by Crippen LogP contribution is -2.61. The van der Waals surface area contributed by atoms with Crippen LogP contribution >= 0.6 is 0 Å². The monoisotopic (exact) mass is 883 g/mol. The minimum atomic E-state index is -3.22. The fourth-order valence-corrected chi connectivity index (χ4v) is 9.64. The molecular weight excluding hydrogens is 818 g/mol. The zero-order valence-electron chi connectivity index (χ0n) is 38.4. The molecule has 63 heavy (non-hydrogen) atoms. The van der Waals surface area contributed by atoms with Crippen LogP contribution in [0.4, 0.5) is 19.7 Å². The number of esters is 1. The van der Waals surface area contributed by atoms with E-state index in [1.54, 1.807) is 39.8 Å². The van der Waals surface area contributed by atoms with Gasteiger partial charge in [-0.3, -0.25) is 14.9 Å². The summed E-state index contributed by atoms with van der Waals surface area (Å²) in [4.78, 5) is 72.7. The Kier molecular flexibility index (Phi) is 15.8. The number of likely N-dealkylation sites (N-methyl/N-ethyl adjacent to an activating group) is 1. The summed E-state index contributed by atoms with van der Waals surface area (Å²) >= 11 is 0. The van der Waals surface area contributed by atoms with Gasteiger partial charge in [-0.05, 0) is 90.7 Å². The summed E-state index contributed by atoms with van der Waals surface area (Å²) in [6, 6.07) is 15.6. The molecule has 0 bridgehead atoms. The number of halogens is 1. The number of carbonyl (C=O) groups is 5. The second-order valence-electron chi connectivity index (χ2n) is 18.1. The third kappa shape index (κ3) is 10.6. The number of carbonyl (C=O) groups excluding carboxylic acids is 5. The molecular formula is C47H66FN3O12. The number of hydrogen-bond donors (Lipinski definition) is 2. The van der Waals surface area contributed by atoms with Gasteiger partial charge in [0.25, 0.3) is 5.67 Å². The van der Waals surface area contributed by atoms with E-state index in [0.29, 0.717) is 12.1 Å². The number of benzene rings is 2. The molecule has 2 aromatic rings. The summed E-state index contributed by atoms with van der Waals surface area (Å²) in [5.74, 6) is -6.12. The van der Waals surface area contributed by atoms with Crippen LogP contribution in [0.15, 0.2) is 54.6 Å². The van der Waals surface area contributed by atoms with E-state index in [1.165, 1.54) is 25.9 Å². The zero-order valence-corrected chi connectivity index (χ0v) is 38.4. The van der Waals surface area contributed by atoms with Crippen LogP contribution < -0.4 is 5.32 Å². The minimum absolute atomic E-state index is 0.0207. The third-order valence-electron chi connectivity index (χ3n) is 13.2. The fourth-order valence-electron chi connectivity index (χ4n) is 9.64. The molecule has 2 amide bonds. The van der Waals surface area contributed by atoms with Crippen molar-refractivity contribution in [2.24, 2.45) is 17.8 Å². The highest BCUT2D eigenvalue weighted by Crippen LogP contribution is 2.44. The minimum Gasteiger partial charge on any atom is -0.455 e. The number of fused-ring (bicyclic) bond motifs is 1. The first-order valence-corrected chi connectivity index (χ1v) is 21.9. The van der Waals surface area contributed by atoms with Gasteiger partial charge < -0.3 is 43.3 Å². The molecule has 5 rings (SSSR count). The van der Waals surface area contributed by atoms with Gasteiger partial charge >= 0.3 is 18.2 Å². The van der Waals surface area contributed by atoms with Gasteiger partial charge in [-0.15, -0.1) is 0 Å². The largest absolute Gasteiger partial charge is 0.455 e. The third-order valence-corrected chi connectivity index (χ3v) is 13.2. The number of methoxy groups -OCH3 is 1. The number of cyclic esters (lactones) is 1. The molecule has 13 atom stereocenters. The van der Waals surface area contributed by atoms with E-state index in [9.17, 15) is 29.1 Å². The Balaban J connectivity index is 1.39. The van der Waals surface area contributed by atoms with Gasteiger partial charge in [0.15, 0.2) is 17.7 Å². The Labute approximate surface area is 370 Å². The zero-order chi connectivity index (χ0) is 46.6. The van der Waals surface area contributed by atoms with Crippen molar-refractivity contribution in [1.82, 2.24) is 9.80 Å². The number of alkyl halides is 1. The van der Waals surface area contributed by atoms with Crippen LogP contribution in [0.2, 0.25) is 0 Å². The SMILES string of the molecule is CC[C@H]1OC(=O)[C@@](C)(F)C(=O)[C@H](C)[C@@H](O[C@@H]2O[C@H](C)C[C@H](N(C)C)[C@H]2O)[C@](C)(OC)C[C@@H](C)C(=O)[C@H](C)[C@H]2N(CCCOC(=O)Nc3ccc(-c4ccccc4)cc3)C(=O)O[C@]12C. The van der Waals surface area contributed by atoms with Crippen LogP contribution in [-0.2, 0) is 42.8 Å². The van der Waals surface area contributed by atoms with E-state index in [-0.39, 0.29) is 50.3 Å². The Morgan fingerprint density at radius 2 is 1.60 bits per heavy atom. The number of aliphatic hydroxyl groups excluding tert-OH is 1. The van der Waals surface area contributed by atoms with Gasteiger partial charge in [-0.2, -0.15) is 0 Å². The predicted molar refractivity (Wildman–Crippen MR) is 231 cm³/mol. The fraction of sp³-hybridized carbons (Fsp3) is 0.638. The van der Waals surface area contributed by atoms with Gasteiger partial charge in [0.2, 0.25) is 0 Å². The maximum atomic E-state index is 16.9. The molecule has 0 aliphatic carbocycles. The molecule has 348 valence electrons. The highest BCUT2D eigenvalue weighted by molar-refractivity contribution is 6.08. The summed E-state index contributed by atoms with van der Waals surface area (Å²) in [5, 5.41) is 14.1. The molecule has 16 heteroatoms. The van der Waals surface area contributed by atoms with Crippen molar-refractivity contribution < 1.29 is 61.9 Å². The van der Waals surface area contributed by atoms with Gasteiger partial charge in [0.1, 0.15) is 18.0 Å². The smallest absolute Gasteiger partial charge is 0.411 e. The molecule has 2 N–H and O–H groups in total. The number of nitrogens with zero attached hydrogens (tertiary/aromatic N) is 2. The van der Waals surface area contributed by atoms with Crippen molar-refractivity contribution in [3.63, 3.8) is 0 Å². The average Bonchev–Trinajstić information content (AvgIpc) is 3.51. The molecule has 0 aromatic heterocycles. The summed E-state index contributed by atoms with van der Waals surface area (Å²) in [5.41, 5.74) is -3.87. The van der Waals surface area contributed by atoms with E-state index >= 15 is 4.39 Å². The molecule has 0 saturated carbocycles. The van der Waals surface area contributed by atoms with Gasteiger partial charge in [0, 0.05) is 43.1 Å². The maximum absolute atomic E-state index is 16.9. The van der Waals surface area contributed by atoms with Crippen molar-refractivity contribution in [1.29, 1.82) is 0 Å². The average molecular weight is 884 g/mol. The number of anilines is 1. The standard InChI is InChI=1S/C47H66FN3O12/c1-12-35-47(8)38(51(44(57)63-47)23-16-24-59-43(56)49-33-21-19-32(20-22-33)31-17-14-13-15-18-31)29(4)36(52)27(2)26-45(6,58-11)40(30(5)39(54)46(7,48)42(55)61-35)62-41-37(53)34(50(9)10)25-28(3)60-41/h13-15,17-22,27-30,34-35,37-38,40-41,53H,12,16,23-26H2,1-11H3,(H,49,56)/t27-,28-,29+,30+,34+,35-,37-,38-,40-,41+,45-,46+,47-/m1/s1. The number of ether oxygens (including phenoxy) is 6. The Morgan fingerprint density at radius 3 is 2.21 bits per heavy atom. The number of Topliss-reactive ketones (excluding diaryl/α,β-unsaturated/α-hetero) is 2. The number of nitrogens with one attached hydrogen (secondary N) is 1. The van der Waals surface area contributed by atoms with Crippen molar-refractivity contribution in [3.05, 3.63) is 54.6 Å².